The summed E-state index contributed by atoms with van der Waals surface area (Å²) in [6, 6.07) is 50.8. The first-order chi connectivity index (χ1) is 46.8. The van der Waals surface area contributed by atoms with Gasteiger partial charge in [-0.1, -0.05) is 123 Å². The maximum Gasteiger partial charge on any atom is 1.00 e. The molecule has 7 rings (SSSR count). The van der Waals surface area contributed by atoms with Gasteiger partial charge in [0.25, 0.3) is 0 Å². The van der Waals surface area contributed by atoms with Crippen LogP contribution in [-0.2, 0) is 38.7 Å². The van der Waals surface area contributed by atoms with Crippen molar-refractivity contribution in [3.8, 4) is 30.8 Å². The zero-order valence-electron chi connectivity index (χ0n) is 59.1. The fraction of sp³-hybridized carbons (Fsp3) is 0.457. The van der Waals surface area contributed by atoms with Crippen LogP contribution < -0.4 is 29.6 Å². The predicted molar refractivity (Wildman–Crippen MR) is 397 cm³/mol. The fourth-order valence-electron chi connectivity index (χ4n) is 6.40. The van der Waals surface area contributed by atoms with Gasteiger partial charge in [0.05, 0.1) is 83.9 Å². The third-order valence-electron chi connectivity index (χ3n) is 14.7. The molecule has 562 valence electrons. The molecule has 0 bridgehead atoms. The largest absolute Gasteiger partial charge is 1.00 e. The van der Waals surface area contributed by atoms with Gasteiger partial charge in [-0.3, -0.25) is 9.59 Å². The first-order valence-corrected chi connectivity index (χ1v) is 37.9. The molecular formula is C70H93Br2N6NaO19S5. The summed E-state index contributed by atoms with van der Waals surface area (Å²) in [5.74, 6) is -1.51. The summed E-state index contributed by atoms with van der Waals surface area (Å²) in [5, 5.41) is 142. The standard InChI is InChI=1S/C18H22O6S2.C18H22O2S2.2C6H8N2O2.C6H10O2.C6H6S.C4H8Br2O2.C4H6O2.CHN.CN.Na.H2O/c1-17(19,13-25(21,22)15-9-5-3-6-10-15)18(2,20)14-26(23,24)16-11-7-4-8-12-16;1-17(19,13-21-15-9-5-3-6-10-15)18(2,20)14-22-16-11-7-4-8-12-16;1-5(9,3-7)6(2,10)4-8;7-3-1-5(9)6(10)2-4-8;1-5(3-7-5)6(2)4-8-6;7-6-4-2-1-3-5-6;5-1-3(7)4(8)2-6;1-3(5)4(2)6;2*1-2;;/h3-12,19-20H,13-14H2,1-2H3;3-12,19-20H,13-14H2,1-2H3;9-10H,1-2H3;5-6,9-10H,1-2H2;3-4H2,1-2H3;1-5,7H;3-4,7-8H,1-2H2;1-2H3;1H;;;1H2/q;;;;;;;;;-1;+1;. The van der Waals surface area contributed by atoms with Crippen LogP contribution in [0.4, 0.5) is 0 Å². The monoisotopic (exact) mass is 1660 g/mol. The Kier molecular flexibility index (Phi) is 53.6. The van der Waals surface area contributed by atoms with Crippen molar-refractivity contribution in [2.45, 2.75) is 176 Å². The van der Waals surface area contributed by atoms with Crippen LogP contribution in [0.25, 0.3) is 0 Å². The van der Waals surface area contributed by atoms with Crippen molar-refractivity contribution in [2.24, 2.45) is 0 Å². The number of epoxide rings is 2. The molecule has 2 fully saturated rings. The number of alkyl halides is 2. The summed E-state index contributed by atoms with van der Waals surface area (Å²) < 4.78 is 60.4. The van der Waals surface area contributed by atoms with E-state index in [-0.39, 0.29) is 80.4 Å². The molecule has 25 nitrogen and oxygen atoms in total. The zero-order chi connectivity index (χ0) is 78.8. The molecule has 12 N–H and O–H groups in total. The molecule has 103 heavy (non-hydrogen) atoms. The molecule has 5 aromatic carbocycles. The quantitative estimate of drug-likeness (QED) is 0.00638. The molecule has 0 spiro atoms. The Morgan fingerprint density at radius 3 is 0.942 bits per heavy atom. The van der Waals surface area contributed by atoms with Gasteiger partial charge in [-0.25, -0.2) is 22.1 Å². The number of nitriles is 5. The Balaban J connectivity index is -0.000000373. The van der Waals surface area contributed by atoms with Crippen molar-refractivity contribution >= 4 is 99.3 Å². The Hall–Kier alpha value is -5.23. The van der Waals surface area contributed by atoms with Crippen LogP contribution in [0.2, 0.25) is 0 Å². The zero-order valence-corrected chi connectivity index (χ0v) is 68.5. The molecule has 2 aliphatic rings. The number of thioether (sulfide) groups is 2. The molecule has 12 unspecified atom stereocenters. The third-order valence-corrected chi connectivity index (χ3v) is 22.8. The van der Waals surface area contributed by atoms with E-state index in [2.05, 4.69) is 64.9 Å². The second-order valence-electron chi connectivity index (χ2n) is 23.6. The van der Waals surface area contributed by atoms with Crippen LogP contribution in [0.3, 0.4) is 0 Å². The van der Waals surface area contributed by atoms with E-state index in [9.17, 15) is 46.9 Å². The average Bonchev–Trinajstić information content (AvgIpc) is 1.57. The van der Waals surface area contributed by atoms with Crippen molar-refractivity contribution in [1.29, 1.82) is 31.6 Å². The molecule has 2 aliphatic heterocycles. The molecule has 0 aromatic heterocycles. The van der Waals surface area contributed by atoms with Gasteiger partial charge >= 0.3 is 29.6 Å². The first-order valence-electron chi connectivity index (χ1n) is 30.0. The molecule has 2 saturated heterocycles. The van der Waals surface area contributed by atoms with Crippen molar-refractivity contribution in [3.05, 3.63) is 158 Å². The summed E-state index contributed by atoms with van der Waals surface area (Å²) in [6.07, 6.45) is -3.77. The number of ketones is 2. The Morgan fingerprint density at radius 2 is 0.757 bits per heavy atom. The van der Waals surface area contributed by atoms with Crippen molar-refractivity contribution in [3.63, 3.8) is 0 Å². The van der Waals surface area contributed by atoms with Crippen molar-refractivity contribution < 1.29 is 122 Å². The van der Waals surface area contributed by atoms with Crippen LogP contribution in [-0.4, -0.2) is 201 Å². The molecule has 2 heterocycles. The van der Waals surface area contributed by atoms with E-state index in [4.69, 9.17) is 78.3 Å². The number of Topliss-reactive ketones (excluding diaryl/α,β-unsaturated/α-hetero) is 2. The SMILES string of the molecule is C#N.CC(=O)C(C)=O.CC(O)(C#N)C(C)(O)C#N.CC(O)(CS(=O)(=O)c1ccccc1)C(C)(O)CS(=O)(=O)c1ccccc1.CC(O)(CSc1ccccc1)C(C)(O)CSc1ccccc1.CC1(C2(C)CO2)CO1.N#CCC(O)C(O)CC#N.O.OC(CBr)C(O)CBr.Sc1ccccc1.[C-]#N.[Na+]. The number of ether oxygens (including phenoxy) is 2. The van der Waals surface area contributed by atoms with Gasteiger partial charge in [0.1, 0.15) is 45.7 Å². The normalized spacial score (nSPS) is 18.6. The van der Waals surface area contributed by atoms with Crippen molar-refractivity contribution in [2.75, 3.05) is 46.9 Å². The van der Waals surface area contributed by atoms with Crippen LogP contribution >= 0.6 is 68.0 Å². The Morgan fingerprint density at radius 1 is 0.524 bits per heavy atom. The van der Waals surface area contributed by atoms with E-state index in [1.54, 1.807) is 85.9 Å². The van der Waals surface area contributed by atoms with Gasteiger partial charge < -0.3 is 77.8 Å². The molecule has 5 aromatic rings. The molecule has 12 atom stereocenters. The number of aliphatic hydroxyl groups is 10. The minimum absolute atomic E-state index is 0. The summed E-state index contributed by atoms with van der Waals surface area (Å²) in [7, 11) is -7.85. The Bertz CT molecular complexity index is 3430. The molecular weight excluding hydrogens is 1570 g/mol. The van der Waals surface area contributed by atoms with E-state index < -0.39 is 89.2 Å². The Labute approximate surface area is 658 Å². The van der Waals surface area contributed by atoms with Crippen LogP contribution in [0, 0.1) is 69.0 Å². The second kappa shape index (κ2) is 51.9. The molecule has 0 aliphatic carbocycles. The molecule has 0 radical (unpaired) electrons. The number of hydrogen-bond acceptors (Lipinski definition) is 27. The fourth-order valence-corrected chi connectivity index (χ4v) is 13.2. The number of hydrogen-bond donors (Lipinski definition) is 11. The number of halogens is 2. The van der Waals surface area contributed by atoms with E-state index >= 15 is 0 Å². The van der Waals surface area contributed by atoms with E-state index in [0.717, 1.165) is 55.6 Å². The number of sulfone groups is 2. The predicted octanol–water partition coefficient (Wildman–Crippen LogP) is 4.20. The second-order valence-corrected chi connectivity index (χ2v) is 31.5. The summed E-state index contributed by atoms with van der Waals surface area (Å²) >= 11 is 13.2. The van der Waals surface area contributed by atoms with Gasteiger partial charge in [0.15, 0.2) is 42.4 Å². The molecule has 33 heteroatoms. The van der Waals surface area contributed by atoms with Crippen molar-refractivity contribution in [1.82, 2.24) is 0 Å². The van der Waals surface area contributed by atoms with Crippen LogP contribution in [0.5, 0.6) is 0 Å². The smallest absolute Gasteiger partial charge is 0.512 e. The minimum Gasteiger partial charge on any atom is -0.512 e. The van der Waals surface area contributed by atoms with Gasteiger partial charge in [-0.05, 0) is 116 Å². The number of nitrogens with zero attached hydrogens (tertiary/aromatic N) is 6. The van der Waals surface area contributed by atoms with Crippen LogP contribution in [0.15, 0.2) is 176 Å². The molecule has 0 saturated carbocycles. The third kappa shape index (κ3) is 41.5. The number of carbonyl (C=O) groups excluding carboxylic acids is 2. The van der Waals surface area contributed by atoms with Gasteiger partial charge in [0, 0.05) is 57.3 Å². The topological polar surface area (TPSA) is 504 Å². The van der Waals surface area contributed by atoms with Gasteiger partial charge in [0.2, 0.25) is 0 Å². The minimum atomic E-state index is -3.93. The van der Waals surface area contributed by atoms with E-state index in [1.165, 1.54) is 50.3 Å². The number of thiol groups is 1. The number of carbonyl (C=O) groups is 2. The maximum absolute atomic E-state index is 12.5. The first kappa shape index (κ1) is 106. The number of aliphatic hydroxyl groups excluding tert-OH is 4. The summed E-state index contributed by atoms with van der Waals surface area (Å²) in [6.45, 7) is 24.5. The summed E-state index contributed by atoms with van der Waals surface area (Å²) in [5.41, 5.74) is -10.6. The van der Waals surface area contributed by atoms with Gasteiger partial charge in [-0.2, -0.15) is 21.0 Å². The number of rotatable bonds is 23. The maximum atomic E-state index is 12.5. The van der Waals surface area contributed by atoms with E-state index in [0.29, 0.717) is 22.2 Å². The van der Waals surface area contributed by atoms with Crippen LogP contribution in [0.1, 0.15) is 82.1 Å². The number of benzene rings is 5. The molecule has 0 amide bonds. The summed E-state index contributed by atoms with van der Waals surface area (Å²) in [4.78, 5) is 22.8. The van der Waals surface area contributed by atoms with E-state index in [1.807, 2.05) is 91.0 Å². The van der Waals surface area contributed by atoms with Gasteiger partial charge in [-0.15, -0.1) is 36.2 Å². The average molecular weight is 1670 g/mol.